The van der Waals surface area contributed by atoms with Crippen molar-refractivity contribution >= 4 is 28.4 Å². The predicted molar refractivity (Wildman–Crippen MR) is 92.8 cm³/mol. The maximum atomic E-state index is 6.06. The molecule has 0 aliphatic carbocycles. The molecule has 0 unspecified atom stereocenters. The lowest BCUT2D eigenvalue weighted by atomic mass is 9.99. The first kappa shape index (κ1) is 15.2. The fraction of sp³-hybridized carbons (Fsp3) is 0.375. The third-order valence-corrected chi connectivity index (χ3v) is 4.51. The molecule has 1 aromatic heterocycles. The van der Waals surface area contributed by atoms with E-state index < -0.39 is 0 Å². The maximum absolute atomic E-state index is 6.06. The molecule has 2 N–H and O–H groups in total. The van der Waals surface area contributed by atoms with Crippen molar-refractivity contribution in [3.8, 4) is 11.4 Å². The predicted octanol–water partition coefficient (Wildman–Crippen LogP) is 4.21. The fourth-order valence-corrected chi connectivity index (χ4v) is 3.07. The Hall–Kier alpha value is -1.17. The van der Waals surface area contributed by atoms with Gasteiger partial charge in [-0.1, -0.05) is 31.0 Å². The molecule has 0 atom stereocenters. The second-order valence-corrected chi connectivity index (χ2v) is 6.30. The van der Waals surface area contributed by atoms with Gasteiger partial charge in [0.05, 0.1) is 9.26 Å². The summed E-state index contributed by atoms with van der Waals surface area (Å²) in [4.78, 5) is 9.24. The summed E-state index contributed by atoms with van der Waals surface area (Å²) in [7, 11) is 0. The minimum absolute atomic E-state index is 0.582. The van der Waals surface area contributed by atoms with E-state index in [4.69, 9.17) is 10.7 Å². The smallest absolute Gasteiger partial charge is 0.162 e. The summed E-state index contributed by atoms with van der Waals surface area (Å²) in [6.45, 7) is 8.46. The lowest BCUT2D eigenvalue weighted by Gasteiger charge is -2.13. The zero-order valence-corrected chi connectivity index (χ0v) is 14.6. The van der Waals surface area contributed by atoms with Crippen LogP contribution in [0.15, 0.2) is 12.1 Å². The number of halogens is 1. The van der Waals surface area contributed by atoms with Crippen molar-refractivity contribution in [2.75, 3.05) is 5.73 Å². The average Bonchev–Trinajstić information content (AvgIpc) is 2.34. The molecule has 0 fully saturated rings. The van der Waals surface area contributed by atoms with Crippen LogP contribution in [0, 0.1) is 24.3 Å². The van der Waals surface area contributed by atoms with Crippen LogP contribution in [-0.4, -0.2) is 9.97 Å². The summed E-state index contributed by atoms with van der Waals surface area (Å²) in [6, 6.07) is 4.33. The molecule has 0 saturated heterocycles. The largest absolute Gasteiger partial charge is 0.383 e. The van der Waals surface area contributed by atoms with Crippen LogP contribution in [-0.2, 0) is 6.42 Å². The number of aromatic nitrogens is 2. The van der Waals surface area contributed by atoms with E-state index in [0.29, 0.717) is 5.82 Å². The first-order chi connectivity index (χ1) is 9.43. The van der Waals surface area contributed by atoms with Crippen molar-refractivity contribution < 1.29 is 0 Å². The Morgan fingerprint density at radius 3 is 2.25 bits per heavy atom. The Morgan fingerprint density at radius 1 is 1.10 bits per heavy atom. The summed E-state index contributed by atoms with van der Waals surface area (Å²) in [5, 5.41) is 0. The molecule has 0 bridgehead atoms. The molecule has 0 aliphatic heterocycles. The number of anilines is 1. The van der Waals surface area contributed by atoms with E-state index >= 15 is 0 Å². The number of benzene rings is 1. The van der Waals surface area contributed by atoms with Crippen molar-refractivity contribution in [1.29, 1.82) is 0 Å². The van der Waals surface area contributed by atoms with E-state index in [1.54, 1.807) is 0 Å². The molecule has 20 heavy (non-hydrogen) atoms. The van der Waals surface area contributed by atoms with Crippen molar-refractivity contribution in [3.63, 3.8) is 0 Å². The number of rotatable bonds is 3. The monoisotopic (exact) mass is 381 g/mol. The van der Waals surface area contributed by atoms with Gasteiger partial charge in [0.1, 0.15) is 5.82 Å². The molecule has 106 valence electrons. The molecule has 0 radical (unpaired) electrons. The standard InChI is InChI=1S/C16H20IN3/c1-5-6-12-14(17)15(18)20-16(19-12)13-10(3)7-9(2)8-11(13)4/h7-8H,5-6H2,1-4H3,(H2,18,19,20). The van der Waals surface area contributed by atoms with Crippen molar-refractivity contribution in [2.24, 2.45) is 0 Å². The van der Waals surface area contributed by atoms with Gasteiger partial charge in [-0.15, -0.1) is 0 Å². The van der Waals surface area contributed by atoms with E-state index in [1.165, 1.54) is 16.7 Å². The maximum Gasteiger partial charge on any atom is 0.162 e. The van der Waals surface area contributed by atoms with Gasteiger partial charge >= 0.3 is 0 Å². The number of nitrogen functional groups attached to an aromatic ring is 1. The zero-order valence-electron chi connectivity index (χ0n) is 12.4. The van der Waals surface area contributed by atoms with Crippen molar-refractivity contribution in [1.82, 2.24) is 9.97 Å². The number of hydrogen-bond acceptors (Lipinski definition) is 3. The summed E-state index contributed by atoms with van der Waals surface area (Å²) < 4.78 is 0.982. The molecule has 0 saturated carbocycles. The van der Waals surface area contributed by atoms with Gasteiger partial charge < -0.3 is 5.73 Å². The van der Waals surface area contributed by atoms with Crippen LogP contribution in [0.3, 0.4) is 0 Å². The topological polar surface area (TPSA) is 51.8 Å². The minimum Gasteiger partial charge on any atom is -0.383 e. The van der Waals surface area contributed by atoms with Crippen LogP contribution in [0.4, 0.5) is 5.82 Å². The normalized spacial score (nSPS) is 10.8. The van der Waals surface area contributed by atoms with E-state index in [-0.39, 0.29) is 0 Å². The first-order valence-electron chi connectivity index (χ1n) is 6.84. The Balaban J connectivity index is 2.64. The van der Waals surface area contributed by atoms with Gasteiger partial charge in [0, 0.05) is 5.56 Å². The third kappa shape index (κ3) is 2.95. The molecule has 1 heterocycles. The Kier molecular flexibility index (Phi) is 4.62. The van der Waals surface area contributed by atoms with Gasteiger partial charge in [-0.05, 0) is 60.9 Å². The number of nitrogens with zero attached hydrogens (tertiary/aromatic N) is 2. The molecule has 2 aromatic rings. The molecular formula is C16H20IN3. The number of aryl methyl sites for hydroxylation is 4. The Bertz CT molecular complexity index is 627. The summed E-state index contributed by atoms with van der Waals surface area (Å²) in [5.74, 6) is 1.33. The summed E-state index contributed by atoms with van der Waals surface area (Å²) in [6.07, 6.45) is 1.99. The first-order valence-corrected chi connectivity index (χ1v) is 7.92. The van der Waals surface area contributed by atoms with Crippen LogP contribution in [0.1, 0.15) is 35.7 Å². The highest BCUT2D eigenvalue weighted by Crippen LogP contribution is 2.28. The molecule has 4 heteroatoms. The van der Waals surface area contributed by atoms with Gasteiger partial charge in [-0.2, -0.15) is 0 Å². The second-order valence-electron chi connectivity index (χ2n) is 5.22. The third-order valence-electron chi connectivity index (χ3n) is 3.33. The zero-order chi connectivity index (χ0) is 14.9. The summed E-state index contributed by atoms with van der Waals surface area (Å²) >= 11 is 2.24. The highest BCUT2D eigenvalue weighted by Gasteiger charge is 2.14. The molecular weight excluding hydrogens is 361 g/mol. The molecule has 3 nitrogen and oxygen atoms in total. The average molecular weight is 381 g/mol. The highest BCUT2D eigenvalue weighted by atomic mass is 127. The quantitative estimate of drug-likeness (QED) is 0.811. The van der Waals surface area contributed by atoms with E-state index in [0.717, 1.165) is 33.5 Å². The van der Waals surface area contributed by atoms with E-state index in [2.05, 4.69) is 67.4 Å². The van der Waals surface area contributed by atoms with E-state index in [9.17, 15) is 0 Å². The molecule has 0 aliphatic rings. The SMILES string of the molecule is CCCc1nc(-c2c(C)cc(C)cc2C)nc(N)c1I. The molecule has 0 spiro atoms. The van der Waals surface area contributed by atoms with E-state index in [1.807, 2.05) is 0 Å². The number of nitrogens with two attached hydrogens (primary N) is 1. The Labute approximate surface area is 134 Å². The van der Waals surface area contributed by atoms with Gasteiger partial charge in [0.15, 0.2) is 5.82 Å². The van der Waals surface area contributed by atoms with Crippen molar-refractivity contribution in [2.45, 2.75) is 40.5 Å². The Morgan fingerprint density at radius 2 is 1.70 bits per heavy atom. The fourth-order valence-electron chi connectivity index (χ4n) is 2.56. The van der Waals surface area contributed by atoms with Gasteiger partial charge in [0.2, 0.25) is 0 Å². The lowest BCUT2D eigenvalue weighted by molar-refractivity contribution is 0.868. The van der Waals surface area contributed by atoms with Crippen LogP contribution in [0.25, 0.3) is 11.4 Å². The summed E-state index contributed by atoms with van der Waals surface area (Å²) in [5.41, 5.74) is 11.9. The van der Waals surface area contributed by atoms with Crippen LogP contribution in [0.5, 0.6) is 0 Å². The lowest BCUT2D eigenvalue weighted by Crippen LogP contribution is -2.06. The van der Waals surface area contributed by atoms with Crippen LogP contribution >= 0.6 is 22.6 Å². The van der Waals surface area contributed by atoms with Gasteiger partial charge in [-0.3, -0.25) is 0 Å². The number of hydrogen-bond donors (Lipinski definition) is 1. The van der Waals surface area contributed by atoms with Crippen LogP contribution < -0.4 is 5.73 Å². The van der Waals surface area contributed by atoms with Gasteiger partial charge in [-0.25, -0.2) is 9.97 Å². The van der Waals surface area contributed by atoms with Crippen molar-refractivity contribution in [3.05, 3.63) is 38.1 Å². The highest BCUT2D eigenvalue weighted by molar-refractivity contribution is 14.1. The molecule has 0 amide bonds. The molecule has 2 rings (SSSR count). The molecule has 1 aromatic carbocycles. The van der Waals surface area contributed by atoms with Crippen LogP contribution in [0.2, 0.25) is 0 Å². The van der Waals surface area contributed by atoms with Gasteiger partial charge in [0.25, 0.3) is 0 Å². The second kappa shape index (κ2) is 6.08. The minimum atomic E-state index is 0.582.